The number of carbonyl (C=O) groups excluding carboxylic acids is 1. The van der Waals surface area contributed by atoms with Crippen LogP contribution in [0.5, 0.6) is 0 Å². The molecule has 21 heavy (non-hydrogen) atoms. The molecule has 2 rings (SSSR count). The second-order valence-electron chi connectivity index (χ2n) is 6.08. The summed E-state index contributed by atoms with van der Waals surface area (Å²) >= 11 is 1.98. The SMILES string of the molecule is Cc1cc(SC2CCCCC2)ccc1NC(=O)CC(C)N. The summed E-state index contributed by atoms with van der Waals surface area (Å²) < 4.78 is 0. The van der Waals surface area contributed by atoms with E-state index in [0.29, 0.717) is 6.42 Å². The van der Waals surface area contributed by atoms with E-state index in [1.165, 1.54) is 37.0 Å². The van der Waals surface area contributed by atoms with Crippen LogP contribution in [0.2, 0.25) is 0 Å². The fourth-order valence-corrected chi connectivity index (χ4v) is 4.06. The number of hydrogen-bond donors (Lipinski definition) is 2. The van der Waals surface area contributed by atoms with Crippen molar-refractivity contribution < 1.29 is 4.79 Å². The monoisotopic (exact) mass is 306 g/mol. The Bertz CT molecular complexity index is 482. The normalized spacial score (nSPS) is 17.5. The van der Waals surface area contributed by atoms with Crippen molar-refractivity contribution in [2.45, 2.75) is 68.6 Å². The molecule has 116 valence electrons. The molecule has 3 nitrogen and oxygen atoms in total. The number of thioether (sulfide) groups is 1. The summed E-state index contributed by atoms with van der Waals surface area (Å²) in [6.45, 7) is 3.89. The zero-order chi connectivity index (χ0) is 15.2. The topological polar surface area (TPSA) is 55.1 Å². The van der Waals surface area contributed by atoms with Gasteiger partial charge in [0.05, 0.1) is 0 Å². The van der Waals surface area contributed by atoms with Crippen molar-refractivity contribution in [3.8, 4) is 0 Å². The van der Waals surface area contributed by atoms with Crippen molar-refractivity contribution in [2.75, 3.05) is 5.32 Å². The molecule has 0 heterocycles. The average molecular weight is 306 g/mol. The number of hydrogen-bond acceptors (Lipinski definition) is 3. The number of benzene rings is 1. The lowest BCUT2D eigenvalue weighted by Gasteiger charge is -2.21. The van der Waals surface area contributed by atoms with Crippen LogP contribution >= 0.6 is 11.8 Å². The third kappa shape index (κ3) is 5.36. The molecule has 0 spiro atoms. The van der Waals surface area contributed by atoms with Crippen LogP contribution in [0, 0.1) is 6.92 Å². The molecular formula is C17H26N2OS. The highest BCUT2D eigenvalue weighted by atomic mass is 32.2. The van der Waals surface area contributed by atoms with Gasteiger partial charge in [-0.25, -0.2) is 0 Å². The van der Waals surface area contributed by atoms with Gasteiger partial charge in [0.25, 0.3) is 0 Å². The van der Waals surface area contributed by atoms with Gasteiger partial charge in [-0.2, -0.15) is 0 Å². The van der Waals surface area contributed by atoms with E-state index in [4.69, 9.17) is 5.73 Å². The van der Waals surface area contributed by atoms with Gasteiger partial charge in [0.15, 0.2) is 0 Å². The van der Waals surface area contributed by atoms with Gasteiger partial charge in [-0.05, 0) is 50.5 Å². The van der Waals surface area contributed by atoms with Crippen molar-refractivity contribution in [3.05, 3.63) is 23.8 Å². The first-order chi connectivity index (χ1) is 10.0. The van der Waals surface area contributed by atoms with Gasteiger partial charge < -0.3 is 11.1 Å². The smallest absolute Gasteiger partial charge is 0.225 e. The minimum atomic E-state index is -0.105. The summed E-state index contributed by atoms with van der Waals surface area (Å²) in [6, 6.07) is 6.21. The Labute approximate surface area is 132 Å². The second-order valence-corrected chi connectivity index (χ2v) is 7.46. The van der Waals surface area contributed by atoms with E-state index in [1.54, 1.807) is 0 Å². The molecule has 1 aliphatic rings. The van der Waals surface area contributed by atoms with Crippen LogP contribution in [0.1, 0.15) is 51.0 Å². The molecule has 1 saturated carbocycles. The Hall–Kier alpha value is -1.00. The third-order valence-electron chi connectivity index (χ3n) is 3.83. The van der Waals surface area contributed by atoms with Crippen molar-refractivity contribution in [1.29, 1.82) is 0 Å². The van der Waals surface area contributed by atoms with Crippen molar-refractivity contribution >= 4 is 23.4 Å². The standard InChI is InChI=1S/C17H26N2OS/c1-12-10-15(21-14-6-4-3-5-7-14)8-9-16(12)19-17(20)11-13(2)18/h8-10,13-14H,3-7,11,18H2,1-2H3,(H,19,20). The van der Waals surface area contributed by atoms with E-state index in [0.717, 1.165) is 16.5 Å². The Balaban J connectivity index is 1.95. The van der Waals surface area contributed by atoms with Gasteiger partial charge in [-0.1, -0.05) is 19.3 Å². The molecular weight excluding hydrogens is 280 g/mol. The second kappa shape index (κ2) is 7.85. The van der Waals surface area contributed by atoms with Gasteiger partial charge in [-0.15, -0.1) is 11.8 Å². The number of rotatable bonds is 5. The van der Waals surface area contributed by atoms with E-state index >= 15 is 0 Å². The van der Waals surface area contributed by atoms with E-state index in [-0.39, 0.29) is 11.9 Å². The van der Waals surface area contributed by atoms with E-state index in [1.807, 2.05) is 31.7 Å². The maximum Gasteiger partial charge on any atom is 0.225 e. The first kappa shape index (κ1) is 16.4. The van der Waals surface area contributed by atoms with Crippen molar-refractivity contribution in [3.63, 3.8) is 0 Å². The summed E-state index contributed by atoms with van der Waals surface area (Å²) in [4.78, 5) is 13.1. The van der Waals surface area contributed by atoms with Crippen LogP contribution < -0.4 is 11.1 Å². The lowest BCUT2D eigenvalue weighted by Crippen LogP contribution is -2.24. The fourth-order valence-electron chi connectivity index (χ4n) is 2.72. The molecule has 1 fully saturated rings. The number of amides is 1. The highest BCUT2D eigenvalue weighted by Crippen LogP contribution is 2.34. The number of carbonyl (C=O) groups is 1. The lowest BCUT2D eigenvalue weighted by molar-refractivity contribution is -0.116. The Morgan fingerprint density at radius 3 is 2.71 bits per heavy atom. The molecule has 1 aromatic rings. The average Bonchev–Trinajstić information content (AvgIpc) is 2.42. The molecule has 0 aromatic heterocycles. The molecule has 1 unspecified atom stereocenters. The number of anilines is 1. The van der Waals surface area contributed by atoms with Crippen LogP contribution in [-0.2, 0) is 4.79 Å². The zero-order valence-electron chi connectivity index (χ0n) is 13.0. The van der Waals surface area contributed by atoms with Crippen LogP contribution in [0.4, 0.5) is 5.69 Å². The van der Waals surface area contributed by atoms with E-state index in [2.05, 4.69) is 17.4 Å². The molecule has 1 amide bonds. The zero-order valence-corrected chi connectivity index (χ0v) is 13.8. The van der Waals surface area contributed by atoms with Gasteiger partial charge in [0.1, 0.15) is 0 Å². The van der Waals surface area contributed by atoms with Gasteiger partial charge in [0, 0.05) is 28.3 Å². The Kier molecular flexibility index (Phi) is 6.12. The summed E-state index contributed by atoms with van der Waals surface area (Å²) in [5, 5.41) is 3.71. The summed E-state index contributed by atoms with van der Waals surface area (Å²) in [5.41, 5.74) is 7.67. The van der Waals surface area contributed by atoms with Crippen LogP contribution in [-0.4, -0.2) is 17.2 Å². The first-order valence-electron chi connectivity index (χ1n) is 7.87. The molecule has 1 aliphatic carbocycles. The van der Waals surface area contributed by atoms with Crippen molar-refractivity contribution in [1.82, 2.24) is 0 Å². The summed E-state index contributed by atoms with van der Waals surface area (Å²) in [7, 11) is 0. The van der Waals surface area contributed by atoms with Crippen molar-refractivity contribution in [2.24, 2.45) is 5.73 Å². The third-order valence-corrected chi connectivity index (χ3v) is 5.17. The fraction of sp³-hybridized carbons (Fsp3) is 0.588. The number of nitrogens with one attached hydrogen (secondary N) is 1. The molecule has 0 aliphatic heterocycles. The Morgan fingerprint density at radius 1 is 1.38 bits per heavy atom. The highest BCUT2D eigenvalue weighted by molar-refractivity contribution is 8.00. The van der Waals surface area contributed by atoms with Gasteiger partial charge in [0.2, 0.25) is 5.91 Å². The minimum Gasteiger partial charge on any atom is -0.327 e. The lowest BCUT2D eigenvalue weighted by atomic mass is 10.0. The molecule has 0 saturated heterocycles. The van der Waals surface area contributed by atoms with Crippen LogP contribution in [0.25, 0.3) is 0 Å². The van der Waals surface area contributed by atoms with Gasteiger partial charge in [-0.3, -0.25) is 4.79 Å². The minimum absolute atomic E-state index is 0.0132. The summed E-state index contributed by atoms with van der Waals surface area (Å²) in [6.07, 6.45) is 7.13. The molecule has 0 radical (unpaired) electrons. The highest BCUT2D eigenvalue weighted by Gasteiger charge is 2.15. The maximum absolute atomic E-state index is 11.8. The number of aryl methyl sites for hydroxylation is 1. The molecule has 4 heteroatoms. The summed E-state index contributed by atoms with van der Waals surface area (Å²) in [5.74, 6) is -0.0132. The number of nitrogens with two attached hydrogens (primary N) is 1. The maximum atomic E-state index is 11.8. The first-order valence-corrected chi connectivity index (χ1v) is 8.75. The van der Waals surface area contributed by atoms with Crippen LogP contribution in [0.3, 0.4) is 0 Å². The molecule has 1 aromatic carbocycles. The predicted octanol–water partition coefficient (Wildman–Crippen LogP) is 4.10. The molecule has 1 atom stereocenters. The largest absolute Gasteiger partial charge is 0.327 e. The van der Waals surface area contributed by atoms with E-state index in [9.17, 15) is 4.79 Å². The molecule has 0 bridgehead atoms. The van der Waals surface area contributed by atoms with E-state index < -0.39 is 0 Å². The van der Waals surface area contributed by atoms with Crippen LogP contribution in [0.15, 0.2) is 23.1 Å². The predicted molar refractivity (Wildman–Crippen MR) is 90.8 cm³/mol. The molecule has 3 N–H and O–H groups in total. The van der Waals surface area contributed by atoms with Gasteiger partial charge >= 0.3 is 0 Å². The Morgan fingerprint density at radius 2 is 2.10 bits per heavy atom. The quantitative estimate of drug-likeness (QED) is 0.861.